The van der Waals surface area contributed by atoms with Crippen molar-refractivity contribution in [3.05, 3.63) is 35.4 Å². The molecule has 1 aromatic carbocycles. The van der Waals surface area contributed by atoms with Crippen LogP contribution in [0.1, 0.15) is 135 Å². The van der Waals surface area contributed by atoms with E-state index in [0.717, 1.165) is 44.1 Å². The van der Waals surface area contributed by atoms with Crippen molar-refractivity contribution in [1.29, 1.82) is 0 Å². The SMILES string of the molecule is CCCCCC(O[Si](C)(C)C(C)(C)C)c1ccc(C2CCC(=O)C2(CCCCCCC(=O)OCC)C(=O)OC)cc1. The van der Waals surface area contributed by atoms with E-state index in [4.69, 9.17) is 13.9 Å². The number of rotatable bonds is 17. The van der Waals surface area contributed by atoms with Crippen LogP contribution in [0.3, 0.4) is 0 Å². The van der Waals surface area contributed by atoms with Gasteiger partial charge < -0.3 is 13.9 Å². The molecule has 7 heteroatoms. The van der Waals surface area contributed by atoms with E-state index in [0.29, 0.717) is 32.3 Å². The van der Waals surface area contributed by atoms with Crippen molar-refractivity contribution < 1.29 is 28.3 Å². The van der Waals surface area contributed by atoms with E-state index in [-0.39, 0.29) is 28.8 Å². The molecule has 0 saturated heterocycles. The van der Waals surface area contributed by atoms with Crippen molar-refractivity contribution in [3.8, 4) is 0 Å². The van der Waals surface area contributed by atoms with Gasteiger partial charge in [-0.1, -0.05) is 90.5 Å². The molecular weight excluding hydrogens is 532 g/mol. The highest BCUT2D eigenvalue weighted by Crippen LogP contribution is 2.51. The van der Waals surface area contributed by atoms with Gasteiger partial charge in [0.25, 0.3) is 0 Å². The van der Waals surface area contributed by atoms with Crippen LogP contribution in [0.15, 0.2) is 24.3 Å². The molecule has 1 saturated carbocycles. The molecule has 3 atom stereocenters. The number of Topliss-reactive ketones (excluding diaryl/α,β-unsaturated/α-hetero) is 1. The summed E-state index contributed by atoms with van der Waals surface area (Å²) >= 11 is 0. The first-order chi connectivity index (χ1) is 19.3. The predicted octanol–water partition coefficient (Wildman–Crippen LogP) is 8.84. The number of carbonyl (C=O) groups excluding carboxylic acids is 3. The zero-order chi connectivity index (χ0) is 30.7. The fraction of sp³-hybridized carbons (Fsp3) is 0.735. The van der Waals surface area contributed by atoms with Gasteiger partial charge in [0.2, 0.25) is 0 Å². The van der Waals surface area contributed by atoms with E-state index >= 15 is 0 Å². The molecule has 0 spiro atoms. The second-order valence-corrected chi connectivity index (χ2v) is 18.0. The highest BCUT2D eigenvalue weighted by Gasteiger charge is 2.56. The van der Waals surface area contributed by atoms with Crippen LogP contribution in [-0.4, -0.2) is 39.8 Å². The van der Waals surface area contributed by atoms with Crippen LogP contribution in [0.4, 0.5) is 0 Å². The van der Waals surface area contributed by atoms with E-state index in [1.807, 2.05) is 6.92 Å². The number of esters is 2. The van der Waals surface area contributed by atoms with Crippen molar-refractivity contribution >= 4 is 26.0 Å². The molecule has 2 rings (SSSR count). The topological polar surface area (TPSA) is 78.9 Å². The normalized spacial score (nSPS) is 20.2. The third-order valence-electron chi connectivity index (χ3n) is 9.33. The Labute approximate surface area is 250 Å². The van der Waals surface area contributed by atoms with E-state index in [1.54, 1.807) is 0 Å². The molecule has 0 radical (unpaired) electrons. The van der Waals surface area contributed by atoms with Gasteiger partial charge in [0.05, 0.1) is 19.8 Å². The number of ether oxygens (including phenoxy) is 2. The van der Waals surface area contributed by atoms with Crippen LogP contribution >= 0.6 is 0 Å². The van der Waals surface area contributed by atoms with Crippen molar-refractivity contribution in [3.63, 3.8) is 0 Å². The standard InChI is InChI=1S/C34H56O6Si/c1-9-11-14-17-29(40-41(7,8)33(3,4)5)27-21-19-26(20-22-27)28-23-24-30(35)34(28,32(37)38-6)25-16-13-12-15-18-31(36)39-10-2/h19-22,28-29H,9-18,23-25H2,1-8H3. The molecule has 232 valence electrons. The number of unbranched alkanes of at least 4 members (excludes halogenated alkanes) is 5. The summed E-state index contributed by atoms with van der Waals surface area (Å²) in [6.45, 7) is 15.9. The molecule has 41 heavy (non-hydrogen) atoms. The van der Waals surface area contributed by atoms with Crippen LogP contribution in [0.25, 0.3) is 0 Å². The van der Waals surface area contributed by atoms with Gasteiger partial charge >= 0.3 is 11.9 Å². The Kier molecular flexibility index (Phi) is 13.8. The Balaban J connectivity index is 2.22. The first-order valence-electron chi connectivity index (χ1n) is 15.9. The van der Waals surface area contributed by atoms with Gasteiger partial charge in [-0.3, -0.25) is 14.4 Å². The fourth-order valence-electron chi connectivity index (χ4n) is 5.85. The second-order valence-electron chi connectivity index (χ2n) is 13.2. The molecule has 0 bridgehead atoms. The minimum atomic E-state index is -1.97. The molecule has 0 N–H and O–H groups in total. The average molecular weight is 589 g/mol. The van der Waals surface area contributed by atoms with E-state index < -0.39 is 19.7 Å². The first-order valence-corrected chi connectivity index (χ1v) is 18.8. The van der Waals surface area contributed by atoms with Gasteiger partial charge in [0, 0.05) is 18.8 Å². The van der Waals surface area contributed by atoms with Gasteiger partial charge in [-0.15, -0.1) is 0 Å². The van der Waals surface area contributed by atoms with E-state index in [1.165, 1.54) is 25.5 Å². The summed E-state index contributed by atoms with van der Waals surface area (Å²) in [6.07, 6.45) is 9.61. The summed E-state index contributed by atoms with van der Waals surface area (Å²) in [5.41, 5.74) is 1.05. The van der Waals surface area contributed by atoms with Crippen LogP contribution in [0.5, 0.6) is 0 Å². The summed E-state index contributed by atoms with van der Waals surface area (Å²) in [5.74, 6) is -0.797. The minimum Gasteiger partial charge on any atom is -0.468 e. The van der Waals surface area contributed by atoms with E-state index in [9.17, 15) is 14.4 Å². The maximum Gasteiger partial charge on any atom is 0.319 e. The Morgan fingerprint density at radius 1 is 1.00 bits per heavy atom. The van der Waals surface area contributed by atoms with Crippen LogP contribution < -0.4 is 0 Å². The Hall–Kier alpha value is -1.99. The monoisotopic (exact) mass is 588 g/mol. The molecule has 6 nitrogen and oxygen atoms in total. The third-order valence-corrected chi connectivity index (χ3v) is 13.8. The quantitative estimate of drug-likeness (QED) is 0.0783. The molecule has 0 aliphatic heterocycles. The van der Waals surface area contributed by atoms with Crippen LogP contribution in [0, 0.1) is 5.41 Å². The molecular formula is C34H56O6Si. The first kappa shape index (κ1) is 35.2. The van der Waals surface area contributed by atoms with Gasteiger partial charge in [-0.25, -0.2) is 0 Å². The molecule has 1 aliphatic rings. The fourth-order valence-corrected chi connectivity index (χ4v) is 7.17. The summed E-state index contributed by atoms with van der Waals surface area (Å²) in [6, 6.07) is 8.52. The summed E-state index contributed by atoms with van der Waals surface area (Å²) in [4.78, 5) is 38.2. The van der Waals surface area contributed by atoms with Gasteiger partial charge in [0.1, 0.15) is 5.41 Å². The molecule has 0 heterocycles. The number of carbonyl (C=O) groups is 3. The van der Waals surface area contributed by atoms with Crippen LogP contribution in [0.2, 0.25) is 18.1 Å². The summed E-state index contributed by atoms with van der Waals surface area (Å²) in [5, 5.41) is 0.124. The Morgan fingerprint density at radius 3 is 2.24 bits per heavy atom. The number of hydrogen-bond acceptors (Lipinski definition) is 6. The van der Waals surface area contributed by atoms with Crippen molar-refractivity contribution in [1.82, 2.24) is 0 Å². The maximum absolute atomic E-state index is 13.4. The Bertz CT molecular complexity index is 980. The number of ketones is 1. The predicted molar refractivity (Wildman–Crippen MR) is 167 cm³/mol. The lowest BCUT2D eigenvalue weighted by molar-refractivity contribution is -0.158. The van der Waals surface area contributed by atoms with Crippen molar-refractivity contribution in [2.24, 2.45) is 5.41 Å². The average Bonchev–Trinajstić information content (AvgIpc) is 3.25. The number of benzene rings is 1. The van der Waals surface area contributed by atoms with E-state index in [2.05, 4.69) is 65.1 Å². The Morgan fingerprint density at radius 2 is 1.66 bits per heavy atom. The van der Waals surface area contributed by atoms with Crippen molar-refractivity contribution in [2.75, 3.05) is 13.7 Å². The minimum absolute atomic E-state index is 0.0105. The molecule has 1 aromatic rings. The lowest BCUT2D eigenvalue weighted by atomic mass is 9.70. The lowest BCUT2D eigenvalue weighted by Crippen LogP contribution is -2.42. The maximum atomic E-state index is 13.4. The molecule has 0 aromatic heterocycles. The number of methoxy groups -OCH3 is 1. The molecule has 3 unspecified atom stereocenters. The highest BCUT2D eigenvalue weighted by molar-refractivity contribution is 6.74. The highest BCUT2D eigenvalue weighted by atomic mass is 28.4. The van der Waals surface area contributed by atoms with Crippen LogP contribution in [-0.2, 0) is 28.3 Å². The van der Waals surface area contributed by atoms with Gasteiger partial charge in [-0.2, -0.15) is 0 Å². The second kappa shape index (κ2) is 16.0. The third kappa shape index (κ3) is 9.24. The van der Waals surface area contributed by atoms with Gasteiger partial charge in [-0.05, 0) is 61.9 Å². The van der Waals surface area contributed by atoms with Gasteiger partial charge in [0.15, 0.2) is 14.1 Å². The lowest BCUT2D eigenvalue weighted by Gasteiger charge is -2.39. The molecule has 1 fully saturated rings. The molecule has 1 aliphatic carbocycles. The zero-order valence-corrected chi connectivity index (χ0v) is 28.1. The zero-order valence-electron chi connectivity index (χ0n) is 27.1. The van der Waals surface area contributed by atoms with Crippen molar-refractivity contribution in [2.45, 2.75) is 142 Å². The largest absolute Gasteiger partial charge is 0.468 e. The number of hydrogen-bond donors (Lipinski definition) is 0. The summed E-state index contributed by atoms with van der Waals surface area (Å²) in [7, 11) is -0.586. The smallest absolute Gasteiger partial charge is 0.319 e. The molecule has 0 amide bonds. The summed E-state index contributed by atoms with van der Waals surface area (Å²) < 4.78 is 17.2.